The van der Waals surface area contributed by atoms with E-state index in [4.69, 9.17) is 9.47 Å². The SMILES string of the molecule is COCOCC1(C(=O)O)CC1C=Cc1cnc2ccccc2c1. The minimum atomic E-state index is -0.820. The Labute approximate surface area is 134 Å². The van der Waals surface area contributed by atoms with Crippen molar-refractivity contribution in [2.24, 2.45) is 11.3 Å². The predicted molar refractivity (Wildman–Crippen MR) is 86.8 cm³/mol. The summed E-state index contributed by atoms with van der Waals surface area (Å²) in [6.45, 7) is 0.279. The van der Waals surface area contributed by atoms with Gasteiger partial charge in [-0.05, 0) is 30.0 Å². The third-order valence-electron chi connectivity index (χ3n) is 4.25. The van der Waals surface area contributed by atoms with Crippen LogP contribution in [0.25, 0.3) is 17.0 Å². The van der Waals surface area contributed by atoms with Crippen molar-refractivity contribution < 1.29 is 19.4 Å². The van der Waals surface area contributed by atoms with Gasteiger partial charge in [0.05, 0.1) is 17.5 Å². The normalized spacial score (nSPS) is 23.4. The lowest BCUT2D eigenvalue weighted by Gasteiger charge is -2.11. The molecule has 0 radical (unpaired) electrons. The molecule has 0 bridgehead atoms. The van der Waals surface area contributed by atoms with E-state index in [-0.39, 0.29) is 19.3 Å². The number of fused-ring (bicyclic) bond motifs is 1. The Bertz CT molecular complexity index is 743. The van der Waals surface area contributed by atoms with Crippen molar-refractivity contribution in [2.75, 3.05) is 20.5 Å². The number of aromatic nitrogens is 1. The van der Waals surface area contributed by atoms with Crippen LogP contribution in [0.3, 0.4) is 0 Å². The molecule has 0 saturated heterocycles. The first-order valence-electron chi connectivity index (χ1n) is 7.49. The average Bonchev–Trinajstić information content (AvgIpc) is 3.28. The second kappa shape index (κ2) is 6.48. The smallest absolute Gasteiger partial charge is 0.312 e. The molecule has 1 N–H and O–H groups in total. The van der Waals surface area contributed by atoms with E-state index in [1.54, 1.807) is 6.20 Å². The van der Waals surface area contributed by atoms with Gasteiger partial charge in [-0.15, -0.1) is 0 Å². The van der Waals surface area contributed by atoms with Crippen molar-refractivity contribution in [2.45, 2.75) is 6.42 Å². The van der Waals surface area contributed by atoms with Crippen LogP contribution in [0.5, 0.6) is 0 Å². The fourth-order valence-corrected chi connectivity index (χ4v) is 2.77. The molecule has 3 rings (SSSR count). The Balaban J connectivity index is 1.70. The van der Waals surface area contributed by atoms with Gasteiger partial charge >= 0.3 is 5.97 Å². The van der Waals surface area contributed by atoms with Gasteiger partial charge in [0.15, 0.2) is 0 Å². The third kappa shape index (κ3) is 3.25. The highest BCUT2D eigenvalue weighted by molar-refractivity contribution is 5.81. The Kier molecular flexibility index (Phi) is 4.41. The molecule has 2 unspecified atom stereocenters. The molecule has 0 amide bonds. The highest BCUT2D eigenvalue weighted by atomic mass is 16.7. The number of allylic oxidation sites excluding steroid dienone is 1. The van der Waals surface area contributed by atoms with Gasteiger partial charge in [0, 0.05) is 18.7 Å². The molecule has 5 heteroatoms. The van der Waals surface area contributed by atoms with Crippen molar-refractivity contribution in [3.63, 3.8) is 0 Å². The molecule has 0 spiro atoms. The standard InChI is InChI=1S/C18H19NO4/c1-22-12-23-11-18(17(20)21)9-15(18)7-6-13-8-14-4-2-3-5-16(14)19-10-13/h2-8,10,15H,9,11-12H2,1H3,(H,20,21). The van der Waals surface area contributed by atoms with Crippen LogP contribution >= 0.6 is 0 Å². The number of aliphatic carboxylic acids is 1. The zero-order valence-corrected chi connectivity index (χ0v) is 12.9. The number of pyridine rings is 1. The minimum Gasteiger partial charge on any atom is -0.481 e. The fourth-order valence-electron chi connectivity index (χ4n) is 2.77. The molecule has 5 nitrogen and oxygen atoms in total. The minimum absolute atomic E-state index is 0.0247. The molecule has 2 atom stereocenters. The second-order valence-corrected chi connectivity index (χ2v) is 5.85. The first kappa shape index (κ1) is 15.6. The molecular weight excluding hydrogens is 294 g/mol. The van der Waals surface area contributed by atoms with E-state index in [0.29, 0.717) is 6.42 Å². The Morgan fingerprint density at radius 2 is 2.30 bits per heavy atom. The molecule has 0 aliphatic heterocycles. The number of methoxy groups -OCH3 is 1. The number of benzene rings is 1. The van der Waals surface area contributed by atoms with E-state index < -0.39 is 11.4 Å². The van der Waals surface area contributed by atoms with E-state index in [0.717, 1.165) is 16.5 Å². The summed E-state index contributed by atoms with van der Waals surface area (Å²) < 4.78 is 10.1. The number of carbonyl (C=O) groups is 1. The topological polar surface area (TPSA) is 68.7 Å². The fraction of sp³-hybridized carbons (Fsp3) is 0.333. The number of hydrogen-bond acceptors (Lipinski definition) is 4. The van der Waals surface area contributed by atoms with E-state index >= 15 is 0 Å². The van der Waals surface area contributed by atoms with Gasteiger partial charge < -0.3 is 14.6 Å². The molecule has 1 aromatic heterocycles. The summed E-state index contributed by atoms with van der Waals surface area (Å²) in [5.41, 5.74) is 1.09. The van der Waals surface area contributed by atoms with Crippen molar-refractivity contribution >= 4 is 22.9 Å². The molecule has 1 aromatic carbocycles. The largest absolute Gasteiger partial charge is 0.481 e. The Morgan fingerprint density at radius 3 is 3.09 bits per heavy atom. The molecule has 1 fully saturated rings. The van der Waals surface area contributed by atoms with Crippen molar-refractivity contribution in [1.29, 1.82) is 0 Å². The van der Waals surface area contributed by atoms with Crippen LogP contribution in [-0.4, -0.2) is 36.6 Å². The summed E-state index contributed by atoms with van der Waals surface area (Å²) in [7, 11) is 1.52. The summed E-state index contributed by atoms with van der Waals surface area (Å²) in [4.78, 5) is 15.9. The number of nitrogens with zero attached hydrogens (tertiary/aromatic N) is 1. The van der Waals surface area contributed by atoms with Crippen LogP contribution < -0.4 is 0 Å². The first-order valence-corrected chi connectivity index (χ1v) is 7.49. The number of carboxylic acids is 1. The maximum absolute atomic E-state index is 11.5. The molecule has 1 heterocycles. The summed E-state index contributed by atoms with van der Waals surface area (Å²) in [5.74, 6) is -0.844. The number of ether oxygens (including phenoxy) is 2. The van der Waals surface area contributed by atoms with Crippen LogP contribution in [0.1, 0.15) is 12.0 Å². The molecule has 120 valence electrons. The molecule has 1 aliphatic rings. The Hall–Kier alpha value is -2.24. The lowest BCUT2D eigenvalue weighted by Crippen LogP contribution is -2.24. The van der Waals surface area contributed by atoms with Gasteiger partial charge in [0.1, 0.15) is 6.79 Å². The lowest BCUT2D eigenvalue weighted by atomic mass is 10.0. The molecule has 1 aliphatic carbocycles. The summed E-state index contributed by atoms with van der Waals surface area (Å²) in [6.07, 6.45) is 6.26. The number of carboxylic acid groups (broad SMARTS) is 1. The zero-order valence-electron chi connectivity index (χ0n) is 12.9. The number of hydrogen-bond donors (Lipinski definition) is 1. The number of para-hydroxylation sites is 1. The number of rotatable bonds is 7. The van der Waals surface area contributed by atoms with Gasteiger partial charge in [-0.25, -0.2) is 0 Å². The van der Waals surface area contributed by atoms with Gasteiger partial charge in [-0.3, -0.25) is 9.78 Å². The predicted octanol–water partition coefficient (Wildman–Crippen LogP) is 2.96. The second-order valence-electron chi connectivity index (χ2n) is 5.85. The van der Waals surface area contributed by atoms with Crippen molar-refractivity contribution in [1.82, 2.24) is 4.98 Å². The van der Waals surface area contributed by atoms with Gasteiger partial charge in [0.2, 0.25) is 0 Å². The van der Waals surface area contributed by atoms with Crippen LogP contribution in [0.15, 0.2) is 42.6 Å². The van der Waals surface area contributed by atoms with E-state index in [1.165, 1.54) is 7.11 Å². The molecule has 23 heavy (non-hydrogen) atoms. The van der Waals surface area contributed by atoms with Crippen molar-refractivity contribution in [3.8, 4) is 0 Å². The van der Waals surface area contributed by atoms with Crippen LogP contribution in [-0.2, 0) is 14.3 Å². The summed E-state index contributed by atoms with van der Waals surface area (Å²) >= 11 is 0. The quantitative estimate of drug-likeness (QED) is 0.628. The van der Waals surface area contributed by atoms with Gasteiger partial charge in [-0.2, -0.15) is 0 Å². The first-order chi connectivity index (χ1) is 11.2. The highest BCUT2D eigenvalue weighted by Crippen LogP contribution is 2.54. The maximum atomic E-state index is 11.5. The molecular formula is C18H19NO4. The summed E-state index contributed by atoms with van der Waals surface area (Å²) in [5, 5.41) is 10.5. The maximum Gasteiger partial charge on any atom is 0.312 e. The van der Waals surface area contributed by atoms with Crippen LogP contribution in [0.2, 0.25) is 0 Å². The Morgan fingerprint density at radius 1 is 1.48 bits per heavy atom. The third-order valence-corrected chi connectivity index (χ3v) is 4.25. The van der Waals surface area contributed by atoms with Gasteiger partial charge in [-0.1, -0.05) is 30.4 Å². The van der Waals surface area contributed by atoms with Crippen LogP contribution in [0.4, 0.5) is 0 Å². The van der Waals surface area contributed by atoms with E-state index in [9.17, 15) is 9.90 Å². The van der Waals surface area contributed by atoms with Crippen LogP contribution in [0, 0.1) is 11.3 Å². The highest BCUT2D eigenvalue weighted by Gasteiger charge is 2.59. The van der Waals surface area contributed by atoms with Gasteiger partial charge in [0.25, 0.3) is 0 Å². The monoisotopic (exact) mass is 313 g/mol. The molecule has 1 saturated carbocycles. The average molecular weight is 313 g/mol. The molecule has 2 aromatic rings. The van der Waals surface area contributed by atoms with Crippen molar-refractivity contribution in [3.05, 3.63) is 48.2 Å². The summed E-state index contributed by atoms with van der Waals surface area (Å²) in [6, 6.07) is 9.95. The van der Waals surface area contributed by atoms with E-state index in [2.05, 4.69) is 4.98 Å². The van der Waals surface area contributed by atoms with E-state index in [1.807, 2.05) is 42.5 Å². The zero-order chi connectivity index (χ0) is 16.3. The lowest BCUT2D eigenvalue weighted by molar-refractivity contribution is -0.148.